The van der Waals surface area contributed by atoms with Gasteiger partial charge in [0, 0.05) is 0 Å². The SMILES string of the molecule is C=C(C)C(CC)CCC.C=CC(CCC)CCC.CCCC.CCc1ccccc1.Cc1ccccc1. The monoisotopic (exact) mass is 509 g/mol. The number of aryl methyl sites for hydroxylation is 2. The van der Waals surface area contributed by atoms with Crippen LogP contribution in [0.5, 0.6) is 0 Å². The predicted molar refractivity (Wildman–Crippen MR) is 175 cm³/mol. The Morgan fingerprint density at radius 3 is 1.30 bits per heavy atom. The van der Waals surface area contributed by atoms with Crippen LogP contribution in [0.15, 0.2) is 85.5 Å². The summed E-state index contributed by atoms with van der Waals surface area (Å²) in [6.07, 6.45) is 14.9. The van der Waals surface area contributed by atoms with Crippen molar-refractivity contribution in [2.24, 2.45) is 11.8 Å². The Kier molecular flexibility index (Phi) is 34.1. The molecule has 0 aromatic heterocycles. The first-order chi connectivity index (χ1) is 17.8. The molecule has 1 unspecified atom stereocenters. The van der Waals surface area contributed by atoms with Crippen molar-refractivity contribution in [3.8, 4) is 0 Å². The Labute approximate surface area is 234 Å². The molecule has 0 aliphatic rings. The molecule has 0 saturated heterocycles. The van der Waals surface area contributed by atoms with Crippen LogP contribution in [-0.4, -0.2) is 0 Å². The molecule has 0 heteroatoms. The van der Waals surface area contributed by atoms with Crippen molar-refractivity contribution < 1.29 is 0 Å². The molecule has 0 radical (unpaired) electrons. The lowest BCUT2D eigenvalue weighted by atomic mass is 9.94. The zero-order valence-corrected chi connectivity index (χ0v) is 26.5. The second kappa shape index (κ2) is 31.9. The van der Waals surface area contributed by atoms with Crippen LogP contribution in [0.4, 0.5) is 0 Å². The third-order valence-corrected chi connectivity index (χ3v) is 6.17. The van der Waals surface area contributed by atoms with E-state index in [0.717, 1.165) is 18.3 Å². The van der Waals surface area contributed by atoms with Gasteiger partial charge in [0.1, 0.15) is 0 Å². The number of hydrogen-bond donors (Lipinski definition) is 0. The minimum atomic E-state index is 0.773. The Morgan fingerprint density at radius 2 is 1.11 bits per heavy atom. The summed E-state index contributed by atoms with van der Waals surface area (Å²) in [7, 11) is 0. The minimum Gasteiger partial charge on any atom is -0.103 e. The fourth-order valence-corrected chi connectivity index (χ4v) is 3.52. The quantitative estimate of drug-likeness (QED) is 0.265. The van der Waals surface area contributed by atoms with E-state index in [1.807, 2.05) is 24.3 Å². The maximum atomic E-state index is 3.94. The van der Waals surface area contributed by atoms with Crippen LogP contribution in [0.2, 0.25) is 0 Å². The maximum Gasteiger partial charge on any atom is -0.0211 e. The van der Waals surface area contributed by atoms with E-state index in [1.165, 1.54) is 74.5 Å². The van der Waals surface area contributed by atoms with Gasteiger partial charge in [0.2, 0.25) is 0 Å². The third kappa shape index (κ3) is 30.0. The lowest BCUT2D eigenvalue weighted by Gasteiger charge is -2.12. The van der Waals surface area contributed by atoms with E-state index in [4.69, 9.17) is 0 Å². The molecule has 2 aromatic rings. The molecule has 0 fully saturated rings. The highest BCUT2D eigenvalue weighted by atomic mass is 14.1. The first kappa shape index (κ1) is 39.4. The largest absolute Gasteiger partial charge is 0.103 e. The van der Waals surface area contributed by atoms with Crippen molar-refractivity contribution in [1.29, 1.82) is 0 Å². The van der Waals surface area contributed by atoms with Gasteiger partial charge in [0.25, 0.3) is 0 Å². The Bertz CT molecular complexity index is 674. The van der Waals surface area contributed by atoms with Crippen LogP contribution in [0.1, 0.15) is 124 Å². The van der Waals surface area contributed by atoms with Crippen LogP contribution in [0, 0.1) is 18.8 Å². The second-order valence-corrected chi connectivity index (χ2v) is 9.81. The molecule has 0 aliphatic carbocycles. The first-order valence-corrected chi connectivity index (χ1v) is 15.1. The molecule has 0 nitrogen and oxygen atoms in total. The summed E-state index contributed by atoms with van der Waals surface area (Å²) in [5.74, 6) is 1.55. The Morgan fingerprint density at radius 1 is 0.676 bits per heavy atom. The molecule has 2 rings (SSSR count). The Hall–Kier alpha value is -2.08. The van der Waals surface area contributed by atoms with Gasteiger partial charge < -0.3 is 0 Å². The van der Waals surface area contributed by atoms with E-state index < -0.39 is 0 Å². The zero-order valence-electron chi connectivity index (χ0n) is 26.5. The van der Waals surface area contributed by atoms with Crippen molar-refractivity contribution in [3.05, 3.63) is 96.6 Å². The third-order valence-electron chi connectivity index (χ3n) is 6.17. The second-order valence-electron chi connectivity index (χ2n) is 9.81. The highest BCUT2D eigenvalue weighted by molar-refractivity contribution is 5.14. The van der Waals surface area contributed by atoms with Gasteiger partial charge >= 0.3 is 0 Å². The summed E-state index contributed by atoms with van der Waals surface area (Å²) in [6, 6.07) is 20.7. The van der Waals surface area contributed by atoms with Gasteiger partial charge in [-0.15, -0.1) is 6.58 Å². The van der Waals surface area contributed by atoms with E-state index in [9.17, 15) is 0 Å². The highest BCUT2D eigenvalue weighted by Crippen LogP contribution is 2.18. The fourth-order valence-electron chi connectivity index (χ4n) is 3.52. The van der Waals surface area contributed by atoms with Crippen molar-refractivity contribution in [1.82, 2.24) is 0 Å². The first-order valence-electron chi connectivity index (χ1n) is 15.1. The minimum absolute atomic E-state index is 0.773. The van der Waals surface area contributed by atoms with Gasteiger partial charge in [0.05, 0.1) is 0 Å². The lowest BCUT2D eigenvalue weighted by molar-refractivity contribution is 0.531. The molecular weight excluding hydrogens is 444 g/mol. The normalized spacial score (nSPS) is 10.1. The molecule has 0 heterocycles. The number of hydrogen-bond acceptors (Lipinski definition) is 0. The summed E-state index contributed by atoms with van der Waals surface area (Å²) >= 11 is 0. The standard InChI is InChI=1S/2C9H18.C8H10.C7H8.C4H10/c1-5-7-9(6-2)8(3)4;1-4-7-9(6-3)8-5-2;1-2-8-6-4-3-5-7-8;1-7-5-3-2-4-6-7;1-3-4-2/h9H,3,5-7H2,1-2,4H3;6,9H,3-5,7-8H2,1-2H3;3-7H,2H2,1H3;2-6H,1H3;3-4H2,1-2H3. The zero-order chi connectivity index (χ0) is 28.7. The van der Waals surface area contributed by atoms with Gasteiger partial charge in [-0.1, -0.05) is 165 Å². The van der Waals surface area contributed by atoms with Crippen LogP contribution in [-0.2, 0) is 6.42 Å². The molecule has 0 N–H and O–H groups in total. The molecule has 212 valence electrons. The Balaban J connectivity index is -0.000000398. The van der Waals surface area contributed by atoms with Crippen molar-refractivity contribution >= 4 is 0 Å². The number of rotatable bonds is 11. The molecule has 2 aromatic carbocycles. The molecule has 0 amide bonds. The van der Waals surface area contributed by atoms with Gasteiger partial charge in [-0.3, -0.25) is 0 Å². The smallest absolute Gasteiger partial charge is 0.0211 e. The van der Waals surface area contributed by atoms with E-state index in [-0.39, 0.29) is 0 Å². The van der Waals surface area contributed by atoms with Gasteiger partial charge in [0.15, 0.2) is 0 Å². The van der Waals surface area contributed by atoms with Gasteiger partial charge in [-0.2, -0.15) is 0 Å². The summed E-state index contributed by atoms with van der Waals surface area (Å²) in [5.41, 5.74) is 4.08. The fraction of sp³-hybridized carbons (Fsp3) is 0.568. The summed E-state index contributed by atoms with van der Waals surface area (Å²) in [5, 5.41) is 0. The predicted octanol–water partition coefficient (Wildman–Crippen LogP) is 12.8. The van der Waals surface area contributed by atoms with Crippen LogP contribution in [0.25, 0.3) is 0 Å². The van der Waals surface area contributed by atoms with E-state index in [2.05, 4.69) is 118 Å². The van der Waals surface area contributed by atoms with Crippen molar-refractivity contribution in [2.45, 2.75) is 127 Å². The molecule has 0 saturated carbocycles. The van der Waals surface area contributed by atoms with E-state index in [0.29, 0.717) is 0 Å². The number of benzene rings is 2. The van der Waals surface area contributed by atoms with Gasteiger partial charge in [-0.05, 0) is 63.4 Å². The number of allylic oxidation sites excluding steroid dienone is 2. The number of unbranched alkanes of at least 4 members (excludes halogenated alkanes) is 1. The summed E-state index contributed by atoms with van der Waals surface area (Å²) < 4.78 is 0. The summed E-state index contributed by atoms with van der Waals surface area (Å²) in [6.45, 7) is 27.4. The topological polar surface area (TPSA) is 0 Å². The van der Waals surface area contributed by atoms with Crippen LogP contribution in [0.3, 0.4) is 0 Å². The van der Waals surface area contributed by atoms with Crippen molar-refractivity contribution in [3.63, 3.8) is 0 Å². The molecule has 0 aliphatic heterocycles. The van der Waals surface area contributed by atoms with Crippen LogP contribution < -0.4 is 0 Å². The average molecular weight is 509 g/mol. The highest BCUT2D eigenvalue weighted by Gasteiger charge is 2.03. The van der Waals surface area contributed by atoms with E-state index >= 15 is 0 Å². The van der Waals surface area contributed by atoms with E-state index in [1.54, 1.807) is 0 Å². The molecule has 37 heavy (non-hydrogen) atoms. The average Bonchev–Trinajstić information content (AvgIpc) is 2.93. The molecule has 0 bridgehead atoms. The molecular formula is C37H64. The van der Waals surface area contributed by atoms with Gasteiger partial charge in [-0.25, -0.2) is 0 Å². The summed E-state index contributed by atoms with van der Waals surface area (Å²) in [4.78, 5) is 0. The molecule has 0 spiro atoms. The van der Waals surface area contributed by atoms with Crippen LogP contribution >= 0.6 is 0 Å². The maximum absolute atomic E-state index is 3.94. The molecule has 1 atom stereocenters. The lowest BCUT2D eigenvalue weighted by Crippen LogP contribution is -1.97. The van der Waals surface area contributed by atoms with Crippen molar-refractivity contribution in [2.75, 3.05) is 0 Å².